The molecule has 1 N–H and O–H groups in total. The van der Waals surface area contributed by atoms with Gasteiger partial charge in [-0.2, -0.15) is 0 Å². The van der Waals surface area contributed by atoms with Crippen LogP contribution in [0.15, 0.2) is 18.2 Å². The third-order valence-corrected chi connectivity index (χ3v) is 1.43. The van der Waals surface area contributed by atoms with Gasteiger partial charge in [-0.1, -0.05) is 11.8 Å². The van der Waals surface area contributed by atoms with Crippen LogP contribution in [0.4, 0.5) is 4.39 Å². The third kappa shape index (κ3) is 2.39. The van der Waals surface area contributed by atoms with Crippen molar-refractivity contribution in [2.24, 2.45) is 0 Å². The van der Waals surface area contributed by atoms with Gasteiger partial charge in [0.2, 0.25) is 0 Å². The molecule has 0 spiro atoms. The van der Waals surface area contributed by atoms with Gasteiger partial charge >= 0.3 is 0 Å². The molecule has 66 valence electrons. The van der Waals surface area contributed by atoms with Crippen LogP contribution in [0.25, 0.3) is 0 Å². The van der Waals surface area contributed by atoms with Crippen molar-refractivity contribution in [2.45, 2.75) is 0 Å². The highest BCUT2D eigenvalue weighted by Crippen LogP contribution is 2.07. The number of carbonyl (C=O) groups is 1. The van der Waals surface area contributed by atoms with E-state index >= 15 is 0 Å². The minimum atomic E-state index is -0.565. The van der Waals surface area contributed by atoms with Crippen LogP contribution in [0, 0.1) is 17.7 Å². The molecule has 0 atom stereocenters. The lowest BCUT2D eigenvalue weighted by Crippen LogP contribution is -1.88. The van der Waals surface area contributed by atoms with Crippen LogP contribution in [-0.2, 0) is 0 Å². The Kier molecular flexibility index (Phi) is 3.18. The van der Waals surface area contributed by atoms with Gasteiger partial charge in [0, 0.05) is 5.56 Å². The molecule has 3 heteroatoms. The Morgan fingerprint density at radius 2 is 2.31 bits per heavy atom. The second kappa shape index (κ2) is 4.39. The van der Waals surface area contributed by atoms with E-state index in [0.717, 1.165) is 0 Å². The predicted octanol–water partition coefficient (Wildman–Crippen LogP) is 0.982. The zero-order valence-electron chi connectivity index (χ0n) is 6.75. The quantitative estimate of drug-likeness (QED) is 0.514. The van der Waals surface area contributed by atoms with Gasteiger partial charge in [-0.15, -0.1) is 0 Å². The summed E-state index contributed by atoms with van der Waals surface area (Å²) >= 11 is 0. The fourth-order valence-electron chi connectivity index (χ4n) is 0.853. The zero-order valence-corrected chi connectivity index (χ0v) is 6.75. The second-order valence-corrected chi connectivity index (χ2v) is 2.31. The lowest BCUT2D eigenvalue weighted by Gasteiger charge is -1.94. The Bertz CT molecular complexity index is 374. The molecule has 0 aliphatic rings. The van der Waals surface area contributed by atoms with Crippen molar-refractivity contribution in [1.29, 1.82) is 0 Å². The van der Waals surface area contributed by atoms with E-state index in [1.807, 2.05) is 0 Å². The average molecular weight is 178 g/mol. The first-order valence-corrected chi connectivity index (χ1v) is 3.62. The number of aldehydes is 1. The van der Waals surface area contributed by atoms with Crippen molar-refractivity contribution in [3.05, 3.63) is 35.1 Å². The summed E-state index contributed by atoms with van der Waals surface area (Å²) in [4.78, 5) is 10.3. The van der Waals surface area contributed by atoms with Crippen molar-refractivity contribution in [3.63, 3.8) is 0 Å². The summed E-state index contributed by atoms with van der Waals surface area (Å²) < 4.78 is 12.8. The van der Waals surface area contributed by atoms with Crippen molar-refractivity contribution in [1.82, 2.24) is 0 Å². The number of aliphatic hydroxyl groups is 1. The minimum Gasteiger partial charge on any atom is -0.384 e. The molecule has 0 saturated carbocycles. The van der Waals surface area contributed by atoms with Gasteiger partial charge in [0.25, 0.3) is 0 Å². The Morgan fingerprint density at radius 1 is 1.54 bits per heavy atom. The van der Waals surface area contributed by atoms with Crippen molar-refractivity contribution in [2.75, 3.05) is 6.61 Å². The molecule has 0 fully saturated rings. The van der Waals surface area contributed by atoms with Gasteiger partial charge in [-0.05, 0) is 18.2 Å². The molecule has 1 rings (SSSR count). The monoisotopic (exact) mass is 178 g/mol. The van der Waals surface area contributed by atoms with E-state index in [9.17, 15) is 9.18 Å². The van der Waals surface area contributed by atoms with Gasteiger partial charge in [0.05, 0.1) is 5.56 Å². The van der Waals surface area contributed by atoms with E-state index < -0.39 is 5.82 Å². The van der Waals surface area contributed by atoms with Gasteiger partial charge in [-0.3, -0.25) is 4.79 Å². The molecule has 0 aliphatic carbocycles. The normalized spacial score (nSPS) is 8.77. The molecule has 1 aromatic carbocycles. The maximum absolute atomic E-state index is 12.8. The van der Waals surface area contributed by atoms with E-state index in [1.54, 1.807) is 0 Å². The Morgan fingerprint density at radius 3 is 2.92 bits per heavy atom. The molecule has 0 unspecified atom stereocenters. The molecular weight excluding hydrogens is 171 g/mol. The first-order chi connectivity index (χ1) is 6.27. The standard InChI is InChI=1S/C10H7FO2/c11-10-4-3-8(2-1-5-12)6-9(10)7-13/h3-4,6-7,12H,5H2. The number of benzene rings is 1. The molecule has 0 amide bonds. The molecule has 0 radical (unpaired) electrons. The number of hydrogen-bond donors (Lipinski definition) is 1. The lowest BCUT2D eigenvalue weighted by molar-refractivity contribution is 0.112. The maximum Gasteiger partial charge on any atom is 0.153 e. The number of carbonyl (C=O) groups excluding carboxylic acids is 1. The number of aliphatic hydroxyl groups excluding tert-OH is 1. The molecular formula is C10H7FO2. The summed E-state index contributed by atoms with van der Waals surface area (Å²) in [6.45, 7) is -0.256. The van der Waals surface area contributed by atoms with Crippen LogP contribution in [0.3, 0.4) is 0 Å². The number of halogens is 1. The summed E-state index contributed by atoms with van der Waals surface area (Å²) in [5, 5.41) is 8.39. The van der Waals surface area contributed by atoms with Crippen LogP contribution >= 0.6 is 0 Å². The lowest BCUT2D eigenvalue weighted by atomic mass is 10.1. The fraction of sp³-hybridized carbons (Fsp3) is 0.100. The van der Waals surface area contributed by atoms with Crippen molar-refractivity contribution in [3.8, 4) is 11.8 Å². The Labute approximate surface area is 75.0 Å². The maximum atomic E-state index is 12.8. The van der Waals surface area contributed by atoms with Crippen LogP contribution in [0.5, 0.6) is 0 Å². The fourth-order valence-corrected chi connectivity index (χ4v) is 0.853. The van der Waals surface area contributed by atoms with E-state index in [2.05, 4.69) is 11.8 Å². The summed E-state index contributed by atoms with van der Waals surface area (Å²) in [5.74, 6) is 4.41. The molecule has 0 aliphatic heterocycles. The van der Waals surface area contributed by atoms with Crippen LogP contribution in [0.2, 0.25) is 0 Å². The van der Waals surface area contributed by atoms with Gasteiger partial charge < -0.3 is 5.11 Å². The summed E-state index contributed by atoms with van der Waals surface area (Å²) in [6, 6.07) is 3.96. The highest BCUT2D eigenvalue weighted by Gasteiger charge is 1.99. The van der Waals surface area contributed by atoms with Gasteiger partial charge in [0.1, 0.15) is 12.4 Å². The molecule has 1 aromatic rings. The van der Waals surface area contributed by atoms with Crippen LogP contribution < -0.4 is 0 Å². The van der Waals surface area contributed by atoms with E-state index in [0.29, 0.717) is 11.8 Å². The summed E-state index contributed by atoms with van der Waals surface area (Å²) in [7, 11) is 0. The average Bonchev–Trinajstić information content (AvgIpc) is 2.16. The molecule has 0 bridgehead atoms. The summed E-state index contributed by atoms with van der Waals surface area (Å²) in [5.41, 5.74) is 0.488. The molecule has 0 saturated heterocycles. The molecule has 2 nitrogen and oxygen atoms in total. The highest BCUT2D eigenvalue weighted by molar-refractivity contribution is 5.76. The molecule has 13 heavy (non-hydrogen) atoms. The van der Waals surface area contributed by atoms with Crippen molar-refractivity contribution < 1.29 is 14.3 Å². The Balaban J connectivity index is 3.06. The first kappa shape index (κ1) is 9.43. The smallest absolute Gasteiger partial charge is 0.153 e. The third-order valence-electron chi connectivity index (χ3n) is 1.43. The molecule has 0 heterocycles. The van der Waals surface area contributed by atoms with Gasteiger partial charge in [-0.25, -0.2) is 4.39 Å². The summed E-state index contributed by atoms with van der Waals surface area (Å²) in [6.07, 6.45) is 0.430. The Hall–Kier alpha value is -1.66. The largest absolute Gasteiger partial charge is 0.384 e. The SMILES string of the molecule is O=Cc1cc(C#CCO)ccc1F. The molecule has 0 aromatic heterocycles. The van der Waals surface area contributed by atoms with Crippen LogP contribution in [-0.4, -0.2) is 18.0 Å². The van der Waals surface area contributed by atoms with Crippen LogP contribution in [0.1, 0.15) is 15.9 Å². The minimum absolute atomic E-state index is 0.0234. The predicted molar refractivity (Wildman–Crippen MR) is 45.8 cm³/mol. The number of rotatable bonds is 1. The first-order valence-electron chi connectivity index (χ1n) is 3.62. The second-order valence-electron chi connectivity index (χ2n) is 2.31. The van der Waals surface area contributed by atoms with Gasteiger partial charge in [0.15, 0.2) is 6.29 Å². The van der Waals surface area contributed by atoms with E-state index in [1.165, 1.54) is 18.2 Å². The highest BCUT2D eigenvalue weighted by atomic mass is 19.1. The van der Waals surface area contributed by atoms with E-state index in [-0.39, 0.29) is 12.2 Å². The topological polar surface area (TPSA) is 37.3 Å². The van der Waals surface area contributed by atoms with Crippen molar-refractivity contribution >= 4 is 6.29 Å². The van der Waals surface area contributed by atoms with E-state index in [4.69, 9.17) is 5.11 Å². The zero-order chi connectivity index (χ0) is 9.68. The number of hydrogen-bond acceptors (Lipinski definition) is 2.